The number of hydrogen-bond acceptors (Lipinski definition) is 3. The van der Waals surface area contributed by atoms with Crippen molar-refractivity contribution in [3.05, 3.63) is 35.9 Å². The number of amides is 2. The predicted molar refractivity (Wildman–Crippen MR) is 112 cm³/mol. The van der Waals surface area contributed by atoms with Crippen molar-refractivity contribution >= 4 is 24.2 Å². The molecule has 4 rings (SSSR count). The zero-order valence-electron chi connectivity index (χ0n) is 16.7. The lowest BCUT2D eigenvalue weighted by Gasteiger charge is -2.38. The molecular weight excluding hydrogens is 374 g/mol. The maximum Gasteiger partial charge on any atom is 0.226 e. The minimum atomic E-state index is 0. The fraction of sp³-hybridized carbons (Fsp3) is 0.636. The summed E-state index contributed by atoms with van der Waals surface area (Å²) in [6.45, 7) is 6.14. The van der Waals surface area contributed by atoms with E-state index in [0.717, 1.165) is 58.4 Å². The van der Waals surface area contributed by atoms with E-state index < -0.39 is 0 Å². The number of rotatable bonds is 6. The van der Waals surface area contributed by atoms with Gasteiger partial charge in [-0.3, -0.25) is 9.59 Å². The molecule has 154 valence electrons. The highest BCUT2D eigenvalue weighted by molar-refractivity contribution is 5.85. The maximum atomic E-state index is 13.2. The smallest absolute Gasteiger partial charge is 0.226 e. The monoisotopic (exact) mass is 405 g/mol. The number of halogens is 1. The van der Waals surface area contributed by atoms with Gasteiger partial charge in [0.05, 0.1) is 0 Å². The Hall–Kier alpha value is -1.59. The van der Waals surface area contributed by atoms with Gasteiger partial charge in [-0.1, -0.05) is 37.3 Å². The summed E-state index contributed by atoms with van der Waals surface area (Å²) in [7, 11) is 0. The highest BCUT2D eigenvalue weighted by atomic mass is 35.5. The first-order chi connectivity index (χ1) is 13.1. The van der Waals surface area contributed by atoms with Gasteiger partial charge in [-0.05, 0) is 50.3 Å². The fourth-order valence-corrected chi connectivity index (χ4v) is 4.29. The first-order valence-electron chi connectivity index (χ1n) is 10.5. The SMILES string of the molecule is CC(C(=O)N1CCC(C(=O)N(Cc2ccccc2)C2CC2)CC1)C1CNC1.Cl. The van der Waals surface area contributed by atoms with Gasteiger partial charge in [0.15, 0.2) is 0 Å². The molecule has 3 aliphatic rings. The Labute approximate surface area is 174 Å². The zero-order valence-corrected chi connectivity index (χ0v) is 17.5. The van der Waals surface area contributed by atoms with Crippen LogP contribution in [0.1, 0.15) is 38.2 Å². The molecule has 0 bridgehead atoms. The molecule has 1 N–H and O–H groups in total. The Bertz CT molecular complexity index is 668. The summed E-state index contributed by atoms with van der Waals surface area (Å²) in [5.41, 5.74) is 1.20. The van der Waals surface area contributed by atoms with E-state index in [1.165, 1.54) is 5.56 Å². The molecule has 5 nitrogen and oxygen atoms in total. The van der Waals surface area contributed by atoms with Crippen LogP contribution in [-0.4, -0.2) is 53.8 Å². The first kappa shape index (κ1) is 21.1. The minimum Gasteiger partial charge on any atom is -0.342 e. The van der Waals surface area contributed by atoms with E-state index >= 15 is 0 Å². The van der Waals surface area contributed by atoms with Crippen LogP contribution in [-0.2, 0) is 16.1 Å². The molecule has 0 radical (unpaired) electrons. The van der Waals surface area contributed by atoms with E-state index in [1.54, 1.807) is 0 Å². The highest BCUT2D eigenvalue weighted by Gasteiger charge is 2.38. The Morgan fingerprint density at radius 3 is 2.29 bits per heavy atom. The van der Waals surface area contributed by atoms with Gasteiger partial charge < -0.3 is 15.1 Å². The normalized spacial score (nSPS) is 21.4. The average molecular weight is 406 g/mol. The molecule has 1 unspecified atom stereocenters. The second-order valence-corrected chi connectivity index (χ2v) is 8.49. The Morgan fingerprint density at radius 2 is 1.75 bits per heavy atom. The van der Waals surface area contributed by atoms with Crippen LogP contribution in [0, 0.1) is 17.8 Å². The van der Waals surface area contributed by atoms with E-state index in [0.29, 0.717) is 17.9 Å². The Morgan fingerprint density at radius 1 is 1.11 bits per heavy atom. The van der Waals surface area contributed by atoms with E-state index in [-0.39, 0.29) is 30.2 Å². The van der Waals surface area contributed by atoms with Crippen molar-refractivity contribution in [1.29, 1.82) is 0 Å². The molecule has 2 saturated heterocycles. The van der Waals surface area contributed by atoms with Crippen LogP contribution < -0.4 is 5.32 Å². The standard InChI is InChI=1S/C22H31N3O2.ClH/c1-16(19-13-23-14-19)21(26)24-11-9-18(10-12-24)22(27)25(20-7-8-20)15-17-5-3-2-4-6-17;/h2-6,16,18-20,23H,7-15H2,1H3;1H. The lowest BCUT2D eigenvalue weighted by molar-refractivity contribution is -0.144. The van der Waals surface area contributed by atoms with Crippen LogP contribution in [0.4, 0.5) is 0 Å². The molecular formula is C22H32ClN3O2. The number of likely N-dealkylation sites (tertiary alicyclic amines) is 1. The predicted octanol–water partition coefficient (Wildman–Crippen LogP) is 2.69. The molecule has 6 heteroatoms. The van der Waals surface area contributed by atoms with E-state index in [9.17, 15) is 9.59 Å². The Balaban J connectivity index is 0.00000225. The minimum absolute atomic E-state index is 0. The molecule has 2 aliphatic heterocycles. The number of piperidine rings is 1. The summed E-state index contributed by atoms with van der Waals surface area (Å²) < 4.78 is 0. The van der Waals surface area contributed by atoms with Crippen molar-refractivity contribution < 1.29 is 9.59 Å². The molecule has 1 aromatic rings. The average Bonchev–Trinajstić information content (AvgIpc) is 3.49. The molecule has 2 amide bonds. The second kappa shape index (κ2) is 9.27. The summed E-state index contributed by atoms with van der Waals surface area (Å²) in [6, 6.07) is 10.7. The van der Waals surface area contributed by atoms with Crippen LogP contribution in [0.3, 0.4) is 0 Å². The third kappa shape index (κ3) is 4.69. The van der Waals surface area contributed by atoms with E-state index in [4.69, 9.17) is 0 Å². The largest absolute Gasteiger partial charge is 0.342 e. The van der Waals surface area contributed by atoms with Gasteiger partial charge >= 0.3 is 0 Å². The van der Waals surface area contributed by atoms with Gasteiger partial charge in [-0.25, -0.2) is 0 Å². The van der Waals surface area contributed by atoms with Gasteiger partial charge in [0, 0.05) is 37.5 Å². The van der Waals surface area contributed by atoms with Gasteiger partial charge in [0.25, 0.3) is 0 Å². The third-order valence-electron chi connectivity index (χ3n) is 6.53. The number of benzene rings is 1. The van der Waals surface area contributed by atoms with Crippen LogP contribution in [0.2, 0.25) is 0 Å². The zero-order chi connectivity index (χ0) is 18.8. The summed E-state index contributed by atoms with van der Waals surface area (Å²) in [5.74, 6) is 1.21. The molecule has 28 heavy (non-hydrogen) atoms. The van der Waals surface area contributed by atoms with Crippen LogP contribution in [0.15, 0.2) is 30.3 Å². The van der Waals surface area contributed by atoms with Crippen LogP contribution in [0.25, 0.3) is 0 Å². The van der Waals surface area contributed by atoms with Gasteiger partial charge in [0.2, 0.25) is 11.8 Å². The van der Waals surface area contributed by atoms with Gasteiger partial charge in [0.1, 0.15) is 0 Å². The maximum absolute atomic E-state index is 13.2. The summed E-state index contributed by atoms with van der Waals surface area (Å²) in [5, 5.41) is 3.25. The van der Waals surface area contributed by atoms with Crippen molar-refractivity contribution in [3.8, 4) is 0 Å². The number of hydrogen-bond donors (Lipinski definition) is 1. The van der Waals surface area contributed by atoms with E-state index in [1.807, 2.05) is 23.1 Å². The van der Waals surface area contributed by atoms with Crippen molar-refractivity contribution in [2.45, 2.75) is 45.2 Å². The first-order valence-corrected chi connectivity index (χ1v) is 10.5. The summed E-state index contributed by atoms with van der Waals surface area (Å²) in [4.78, 5) is 30.0. The fourth-order valence-electron chi connectivity index (χ4n) is 4.29. The van der Waals surface area contributed by atoms with E-state index in [2.05, 4.69) is 29.3 Å². The Kier molecular flexibility index (Phi) is 7.00. The molecule has 2 heterocycles. The number of nitrogens with one attached hydrogen (secondary N) is 1. The highest BCUT2D eigenvalue weighted by Crippen LogP contribution is 2.32. The topological polar surface area (TPSA) is 52.7 Å². The second-order valence-electron chi connectivity index (χ2n) is 8.49. The van der Waals surface area contributed by atoms with Crippen molar-refractivity contribution in [3.63, 3.8) is 0 Å². The third-order valence-corrected chi connectivity index (χ3v) is 6.53. The molecule has 0 aromatic heterocycles. The van der Waals surface area contributed by atoms with Crippen molar-refractivity contribution in [2.24, 2.45) is 17.8 Å². The van der Waals surface area contributed by atoms with Gasteiger partial charge in [-0.2, -0.15) is 0 Å². The lowest BCUT2D eigenvalue weighted by atomic mass is 9.86. The molecule has 1 atom stereocenters. The number of carbonyl (C=O) groups is 2. The summed E-state index contributed by atoms with van der Waals surface area (Å²) >= 11 is 0. The van der Waals surface area contributed by atoms with Crippen LogP contribution in [0.5, 0.6) is 0 Å². The number of nitrogens with zero attached hydrogens (tertiary/aromatic N) is 2. The van der Waals surface area contributed by atoms with Gasteiger partial charge in [-0.15, -0.1) is 12.4 Å². The quantitative estimate of drug-likeness (QED) is 0.791. The lowest BCUT2D eigenvalue weighted by Crippen LogP contribution is -2.52. The molecule has 1 aliphatic carbocycles. The molecule has 1 aromatic carbocycles. The summed E-state index contributed by atoms with van der Waals surface area (Å²) in [6.07, 6.45) is 3.86. The number of carbonyl (C=O) groups excluding carboxylic acids is 2. The van der Waals surface area contributed by atoms with Crippen molar-refractivity contribution in [2.75, 3.05) is 26.2 Å². The molecule has 3 fully saturated rings. The van der Waals surface area contributed by atoms with Crippen molar-refractivity contribution in [1.82, 2.24) is 15.1 Å². The molecule has 0 spiro atoms. The molecule has 1 saturated carbocycles. The van der Waals surface area contributed by atoms with Crippen LogP contribution >= 0.6 is 12.4 Å².